The molecular formula is C10H17N3S. The van der Waals surface area contributed by atoms with Gasteiger partial charge in [-0.05, 0) is 32.2 Å². The Bertz CT molecular complexity index is 293. The molecule has 0 radical (unpaired) electrons. The molecule has 1 aliphatic carbocycles. The van der Waals surface area contributed by atoms with Gasteiger partial charge in [-0.15, -0.1) is 11.3 Å². The van der Waals surface area contributed by atoms with Crippen LogP contribution < -0.4 is 10.6 Å². The largest absolute Gasteiger partial charge is 0.348 e. The molecule has 2 N–H and O–H groups in total. The average molecular weight is 211 g/mol. The van der Waals surface area contributed by atoms with Gasteiger partial charge in [0.1, 0.15) is 0 Å². The number of nitrogens with zero attached hydrogens (tertiary/aromatic N) is 2. The lowest BCUT2D eigenvalue weighted by atomic mass is 10.2. The molecule has 3 nitrogen and oxygen atoms in total. The zero-order chi connectivity index (χ0) is 9.97. The molecule has 0 saturated heterocycles. The van der Waals surface area contributed by atoms with E-state index in [1.807, 2.05) is 0 Å². The van der Waals surface area contributed by atoms with E-state index < -0.39 is 0 Å². The molecule has 0 bridgehead atoms. The van der Waals surface area contributed by atoms with Crippen LogP contribution in [0.5, 0.6) is 0 Å². The molecule has 0 aromatic carbocycles. The number of thiazole rings is 1. The Hall–Kier alpha value is -0.610. The Kier molecular flexibility index (Phi) is 3.03. The first-order valence-electron chi connectivity index (χ1n) is 5.18. The molecule has 0 aliphatic heterocycles. The number of aryl methyl sites for hydroxylation is 1. The van der Waals surface area contributed by atoms with Gasteiger partial charge in [0.2, 0.25) is 0 Å². The van der Waals surface area contributed by atoms with Crippen LogP contribution in [0, 0.1) is 0 Å². The van der Waals surface area contributed by atoms with E-state index in [9.17, 15) is 0 Å². The second-order valence-corrected chi connectivity index (χ2v) is 4.69. The zero-order valence-electron chi connectivity index (χ0n) is 8.57. The summed E-state index contributed by atoms with van der Waals surface area (Å²) in [5, 5.41) is 3.32. The molecule has 4 heteroatoms. The highest BCUT2D eigenvalue weighted by Crippen LogP contribution is 2.31. The zero-order valence-corrected chi connectivity index (χ0v) is 9.39. The Morgan fingerprint density at radius 2 is 2.43 bits per heavy atom. The van der Waals surface area contributed by atoms with E-state index in [4.69, 9.17) is 5.73 Å². The Labute approximate surface area is 88.9 Å². The Morgan fingerprint density at radius 3 is 3.07 bits per heavy atom. The van der Waals surface area contributed by atoms with Crippen LogP contribution in [0.15, 0.2) is 5.38 Å². The molecule has 0 unspecified atom stereocenters. The van der Waals surface area contributed by atoms with Gasteiger partial charge in [0.25, 0.3) is 0 Å². The van der Waals surface area contributed by atoms with Crippen molar-refractivity contribution in [2.75, 3.05) is 18.5 Å². The molecular weight excluding hydrogens is 194 g/mol. The summed E-state index contributed by atoms with van der Waals surface area (Å²) in [4.78, 5) is 6.90. The van der Waals surface area contributed by atoms with Crippen LogP contribution in [0.25, 0.3) is 0 Å². The predicted octanol–water partition coefficient (Wildman–Crippen LogP) is 1.63. The molecule has 1 aromatic rings. The molecule has 78 valence electrons. The molecule has 0 amide bonds. The van der Waals surface area contributed by atoms with Gasteiger partial charge in [0, 0.05) is 18.5 Å². The lowest BCUT2D eigenvalue weighted by Gasteiger charge is -2.13. The first-order valence-corrected chi connectivity index (χ1v) is 6.06. The third-order valence-electron chi connectivity index (χ3n) is 2.57. The molecule has 1 aromatic heterocycles. The van der Waals surface area contributed by atoms with Crippen molar-refractivity contribution < 1.29 is 0 Å². The molecule has 1 saturated carbocycles. The van der Waals surface area contributed by atoms with Crippen LogP contribution in [0.3, 0.4) is 0 Å². The third-order valence-corrected chi connectivity index (χ3v) is 3.55. The van der Waals surface area contributed by atoms with Crippen molar-refractivity contribution in [1.82, 2.24) is 4.98 Å². The van der Waals surface area contributed by atoms with E-state index in [1.165, 1.54) is 23.7 Å². The molecule has 0 spiro atoms. The van der Waals surface area contributed by atoms with Crippen LogP contribution >= 0.6 is 11.3 Å². The van der Waals surface area contributed by atoms with Crippen molar-refractivity contribution in [3.63, 3.8) is 0 Å². The monoisotopic (exact) mass is 211 g/mol. The fraction of sp³-hybridized carbons (Fsp3) is 0.700. The molecule has 1 fully saturated rings. The molecule has 1 aliphatic rings. The number of hydrogen-bond acceptors (Lipinski definition) is 4. The van der Waals surface area contributed by atoms with Gasteiger partial charge in [0.05, 0.1) is 5.69 Å². The van der Waals surface area contributed by atoms with Gasteiger partial charge in [-0.1, -0.05) is 0 Å². The number of hydrogen-bond donors (Lipinski definition) is 1. The molecule has 1 heterocycles. The standard InChI is InChI=1S/C10H17N3S/c1-13(9-4-5-9)10-12-8(7-14-10)3-2-6-11/h7,9H,2-6,11H2,1H3. The number of anilines is 1. The van der Waals surface area contributed by atoms with Gasteiger partial charge in [-0.3, -0.25) is 0 Å². The van der Waals surface area contributed by atoms with E-state index in [0.29, 0.717) is 0 Å². The van der Waals surface area contributed by atoms with Crippen molar-refractivity contribution in [3.05, 3.63) is 11.1 Å². The first-order chi connectivity index (χ1) is 6.81. The predicted molar refractivity (Wildman–Crippen MR) is 60.9 cm³/mol. The normalized spacial score (nSPS) is 15.9. The maximum Gasteiger partial charge on any atom is 0.185 e. The molecule has 2 rings (SSSR count). The van der Waals surface area contributed by atoms with E-state index in [0.717, 1.165) is 25.4 Å². The lowest BCUT2D eigenvalue weighted by Crippen LogP contribution is -2.19. The summed E-state index contributed by atoms with van der Waals surface area (Å²) in [6.07, 6.45) is 4.71. The highest BCUT2D eigenvalue weighted by atomic mass is 32.1. The maximum atomic E-state index is 5.47. The fourth-order valence-electron chi connectivity index (χ4n) is 1.47. The highest BCUT2D eigenvalue weighted by Gasteiger charge is 2.27. The van der Waals surface area contributed by atoms with Gasteiger partial charge in [-0.2, -0.15) is 0 Å². The van der Waals surface area contributed by atoms with E-state index in [2.05, 4.69) is 22.3 Å². The van der Waals surface area contributed by atoms with Crippen molar-refractivity contribution in [3.8, 4) is 0 Å². The summed E-state index contributed by atoms with van der Waals surface area (Å²) >= 11 is 1.75. The van der Waals surface area contributed by atoms with Gasteiger partial charge >= 0.3 is 0 Å². The van der Waals surface area contributed by atoms with Crippen molar-refractivity contribution in [2.24, 2.45) is 5.73 Å². The topological polar surface area (TPSA) is 42.2 Å². The van der Waals surface area contributed by atoms with E-state index >= 15 is 0 Å². The van der Waals surface area contributed by atoms with Crippen LogP contribution in [0.2, 0.25) is 0 Å². The Balaban J connectivity index is 1.94. The second-order valence-electron chi connectivity index (χ2n) is 3.86. The van der Waals surface area contributed by atoms with Crippen molar-refractivity contribution in [2.45, 2.75) is 31.7 Å². The lowest BCUT2D eigenvalue weighted by molar-refractivity contribution is 0.810. The van der Waals surface area contributed by atoms with Crippen LogP contribution in [0.1, 0.15) is 25.0 Å². The minimum atomic E-state index is 0.753. The second kappa shape index (κ2) is 4.28. The summed E-state index contributed by atoms with van der Waals surface area (Å²) in [5.41, 5.74) is 6.66. The van der Waals surface area contributed by atoms with Gasteiger partial charge < -0.3 is 10.6 Å². The summed E-state index contributed by atoms with van der Waals surface area (Å²) in [6, 6.07) is 0.753. The summed E-state index contributed by atoms with van der Waals surface area (Å²) < 4.78 is 0. The number of nitrogens with two attached hydrogens (primary N) is 1. The summed E-state index contributed by atoms with van der Waals surface area (Å²) in [7, 11) is 2.14. The van der Waals surface area contributed by atoms with Gasteiger partial charge in [0.15, 0.2) is 5.13 Å². The highest BCUT2D eigenvalue weighted by molar-refractivity contribution is 7.13. The van der Waals surface area contributed by atoms with E-state index in [-0.39, 0.29) is 0 Å². The quantitative estimate of drug-likeness (QED) is 0.805. The van der Waals surface area contributed by atoms with Crippen molar-refractivity contribution in [1.29, 1.82) is 0 Å². The summed E-state index contributed by atoms with van der Waals surface area (Å²) in [5.74, 6) is 0. The van der Waals surface area contributed by atoms with Crippen LogP contribution in [0.4, 0.5) is 5.13 Å². The number of rotatable bonds is 5. The molecule has 14 heavy (non-hydrogen) atoms. The fourth-order valence-corrected chi connectivity index (χ4v) is 2.37. The van der Waals surface area contributed by atoms with Crippen LogP contribution in [-0.4, -0.2) is 24.6 Å². The molecule has 0 atom stereocenters. The third kappa shape index (κ3) is 2.25. The minimum absolute atomic E-state index is 0.753. The minimum Gasteiger partial charge on any atom is -0.348 e. The van der Waals surface area contributed by atoms with E-state index in [1.54, 1.807) is 11.3 Å². The summed E-state index contributed by atoms with van der Waals surface area (Å²) in [6.45, 7) is 0.755. The van der Waals surface area contributed by atoms with Gasteiger partial charge in [-0.25, -0.2) is 4.98 Å². The average Bonchev–Trinajstić information content (AvgIpc) is 2.94. The van der Waals surface area contributed by atoms with Crippen molar-refractivity contribution >= 4 is 16.5 Å². The Morgan fingerprint density at radius 1 is 1.64 bits per heavy atom. The maximum absolute atomic E-state index is 5.47. The number of aromatic nitrogens is 1. The SMILES string of the molecule is CN(c1nc(CCCN)cs1)C1CC1. The first kappa shape index (κ1) is 9.93. The smallest absolute Gasteiger partial charge is 0.185 e. The van der Waals surface area contributed by atoms with Crippen LogP contribution in [-0.2, 0) is 6.42 Å².